The van der Waals surface area contributed by atoms with E-state index in [2.05, 4.69) is 38.2 Å². The molecular formula is C12H16. The van der Waals surface area contributed by atoms with Gasteiger partial charge < -0.3 is 0 Å². The van der Waals surface area contributed by atoms with Crippen LogP contribution in [0.15, 0.2) is 24.3 Å². The summed E-state index contributed by atoms with van der Waals surface area (Å²) in [6.07, 6.45) is 9.79. The molecule has 6 atom stereocenters. The molecule has 0 unspecified atom stereocenters. The van der Waals surface area contributed by atoms with E-state index < -0.39 is 0 Å². The average molecular weight is 160 g/mol. The molecule has 4 aliphatic carbocycles. The minimum absolute atomic E-state index is 0.861. The summed E-state index contributed by atoms with van der Waals surface area (Å²) in [5.41, 5.74) is 0. The second-order valence-corrected chi connectivity index (χ2v) is 4.80. The third-order valence-electron chi connectivity index (χ3n) is 4.49. The Hall–Kier alpha value is -0.520. The number of fused-ring (bicyclic) bond motifs is 1. The molecular weight excluding hydrogens is 144 g/mol. The largest absolute Gasteiger partial charge is 0.0842 e. The molecule has 4 aliphatic rings. The van der Waals surface area contributed by atoms with Gasteiger partial charge in [0.25, 0.3) is 0 Å². The van der Waals surface area contributed by atoms with Crippen LogP contribution < -0.4 is 0 Å². The van der Waals surface area contributed by atoms with Gasteiger partial charge in [-0.1, -0.05) is 38.2 Å². The molecule has 0 nitrogen and oxygen atoms in total. The Labute approximate surface area is 74.4 Å². The number of hydrogen-bond donors (Lipinski definition) is 0. The summed E-state index contributed by atoms with van der Waals surface area (Å²) in [6, 6.07) is 0. The van der Waals surface area contributed by atoms with Crippen LogP contribution in [0.1, 0.15) is 13.8 Å². The highest BCUT2D eigenvalue weighted by molar-refractivity contribution is 5.26. The third kappa shape index (κ3) is 0.608. The number of hydrogen-bond acceptors (Lipinski definition) is 0. The van der Waals surface area contributed by atoms with Gasteiger partial charge in [0.05, 0.1) is 0 Å². The summed E-state index contributed by atoms with van der Waals surface area (Å²) in [5, 5.41) is 0. The fraction of sp³-hybridized carbons (Fsp3) is 0.667. The molecule has 0 aliphatic heterocycles. The first-order valence-electron chi connectivity index (χ1n) is 5.15. The van der Waals surface area contributed by atoms with Gasteiger partial charge in [-0.3, -0.25) is 0 Å². The monoisotopic (exact) mass is 160 g/mol. The van der Waals surface area contributed by atoms with E-state index in [-0.39, 0.29) is 0 Å². The Morgan fingerprint density at radius 2 is 0.917 bits per heavy atom. The summed E-state index contributed by atoms with van der Waals surface area (Å²) >= 11 is 0. The van der Waals surface area contributed by atoms with Crippen LogP contribution in [0, 0.1) is 35.5 Å². The Bertz CT molecular complexity index is 235. The topological polar surface area (TPSA) is 0 Å². The van der Waals surface area contributed by atoms with Crippen molar-refractivity contribution in [2.45, 2.75) is 13.8 Å². The molecule has 0 aromatic heterocycles. The molecule has 1 fully saturated rings. The number of allylic oxidation sites excluding steroid dienone is 4. The van der Waals surface area contributed by atoms with Crippen molar-refractivity contribution in [2.24, 2.45) is 35.5 Å². The highest BCUT2D eigenvalue weighted by Gasteiger charge is 2.48. The first kappa shape index (κ1) is 6.94. The first-order chi connectivity index (χ1) is 5.79. The molecule has 0 saturated heterocycles. The second kappa shape index (κ2) is 2.04. The van der Waals surface area contributed by atoms with Crippen LogP contribution >= 0.6 is 0 Å². The van der Waals surface area contributed by atoms with Crippen molar-refractivity contribution in [3.05, 3.63) is 24.3 Å². The molecule has 64 valence electrons. The van der Waals surface area contributed by atoms with Crippen LogP contribution in [-0.2, 0) is 0 Å². The van der Waals surface area contributed by atoms with Gasteiger partial charge in [0.15, 0.2) is 0 Å². The standard InChI is InChI=1S/C12H16/c1-7-8(2)10-4-3-9(7)11-5-6-12(10)11/h3-12H,1-2H3/t7-,8+,9-,10-,11+,12+/m0/s1. The fourth-order valence-electron chi connectivity index (χ4n) is 3.40. The summed E-state index contributed by atoms with van der Waals surface area (Å²) < 4.78 is 0. The van der Waals surface area contributed by atoms with E-state index in [1.54, 1.807) is 0 Å². The van der Waals surface area contributed by atoms with E-state index >= 15 is 0 Å². The minimum Gasteiger partial charge on any atom is -0.0842 e. The Balaban J connectivity index is 2.04. The average Bonchev–Trinajstić information content (AvgIpc) is 2.00. The van der Waals surface area contributed by atoms with Crippen molar-refractivity contribution in [3.8, 4) is 0 Å². The molecule has 0 amide bonds. The maximum absolute atomic E-state index is 2.47. The summed E-state index contributed by atoms with van der Waals surface area (Å²) in [7, 11) is 0. The van der Waals surface area contributed by atoms with Crippen molar-refractivity contribution >= 4 is 0 Å². The molecule has 0 heterocycles. The van der Waals surface area contributed by atoms with Gasteiger partial charge in [-0.15, -0.1) is 0 Å². The van der Waals surface area contributed by atoms with Crippen LogP contribution in [0.4, 0.5) is 0 Å². The molecule has 2 bridgehead atoms. The zero-order valence-electron chi connectivity index (χ0n) is 7.77. The molecule has 0 heteroatoms. The SMILES string of the molecule is C[C@@H]1[C@H](C)[C@@H]2C=C[C@@H]1[C@H]1C=C[C@@H]12. The Kier molecular flexibility index (Phi) is 1.18. The lowest BCUT2D eigenvalue weighted by Gasteiger charge is -2.54. The fourth-order valence-corrected chi connectivity index (χ4v) is 3.40. The minimum atomic E-state index is 0.861. The molecule has 4 rings (SSSR count). The summed E-state index contributed by atoms with van der Waals surface area (Å²) in [6.45, 7) is 4.85. The highest BCUT2D eigenvalue weighted by Crippen LogP contribution is 2.55. The van der Waals surface area contributed by atoms with Crippen LogP contribution in [0.25, 0.3) is 0 Å². The molecule has 0 spiro atoms. The predicted octanol–water partition coefficient (Wildman–Crippen LogP) is 2.88. The summed E-state index contributed by atoms with van der Waals surface area (Å²) in [5.74, 6) is 5.36. The zero-order chi connectivity index (χ0) is 8.29. The lowest BCUT2D eigenvalue weighted by Crippen LogP contribution is -2.48. The van der Waals surface area contributed by atoms with Crippen LogP contribution in [0.3, 0.4) is 0 Å². The van der Waals surface area contributed by atoms with Crippen LogP contribution in [0.5, 0.6) is 0 Å². The van der Waals surface area contributed by atoms with E-state index in [4.69, 9.17) is 0 Å². The first-order valence-corrected chi connectivity index (χ1v) is 5.15. The van der Waals surface area contributed by atoms with E-state index in [9.17, 15) is 0 Å². The molecule has 12 heavy (non-hydrogen) atoms. The highest BCUT2D eigenvalue weighted by atomic mass is 14.5. The van der Waals surface area contributed by atoms with E-state index in [0.717, 1.165) is 35.5 Å². The van der Waals surface area contributed by atoms with E-state index in [0.29, 0.717) is 0 Å². The lowest BCUT2D eigenvalue weighted by atomic mass is 9.50. The smallest absolute Gasteiger partial charge is 0.00990 e. The maximum Gasteiger partial charge on any atom is -0.00990 e. The number of rotatable bonds is 0. The normalized spacial score (nSPS) is 59.8. The quantitative estimate of drug-likeness (QED) is 0.478. The van der Waals surface area contributed by atoms with Crippen LogP contribution in [-0.4, -0.2) is 0 Å². The molecule has 0 N–H and O–H groups in total. The van der Waals surface area contributed by atoms with Gasteiger partial charge in [0.2, 0.25) is 0 Å². The van der Waals surface area contributed by atoms with Gasteiger partial charge in [0, 0.05) is 0 Å². The van der Waals surface area contributed by atoms with Gasteiger partial charge in [0.1, 0.15) is 0 Å². The zero-order valence-corrected chi connectivity index (χ0v) is 7.77. The Morgan fingerprint density at radius 1 is 0.583 bits per heavy atom. The van der Waals surface area contributed by atoms with Crippen molar-refractivity contribution in [3.63, 3.8) is 0 Å². The second-order valence-electron chi connectivity index (χ2n) is 4.80. The maximum atomic E-state index is 2.47. The molecule has 0 aromatic rings. The van der Waals surface area contributed by atoms with Gasteiger partial charge >= 0.3 is 0 Å². The van der Waals surface area contributed by atoms with E-state index in [1.165, 1.54) is 0 Å². The third-order valence-corrected chi connectivity index (χ3v) is 4.49. The van der Waals surface area contributed by atoms with Gasteiger partial charge in [-0.05, 0) is 35.5 Å². The van der Waals surface area contributed by atoms with Crippen molar-refractivity contribution < 1.29 is 0 Å². The lowest BCUT2D eigenvalue weighted by molar-refractivity contribution is 0.0557. The van der Waals surface area contributed by atoms with Crippen LogP contribution in [0.2, 0.25) is 0 Å². The molecule has 0 radical (unpaired) electrons. The predicted molar refractivity (Wildman–Crippen MR) is 50.6 cm³/mol. The molecule has 1 saturated carbocycles. The van der Waals surface area contributed by atoms with Crippen molar-refractivity contribution in [1.29, 1.82) is 0 Å². The molecule has 0 aromatic carbocycles. The van der Waals surface area contributed by atoms with Gasteiger partial charge in [-0.25, -0.2) is 0 Å². The summed E-state index contributed by atoms with van der Waals surface area (Å²) in [4.78, 5) is 0. The van der Waals surface area contributed by atoms with Crippen molar-refractivity contribution in [1.82, 2.24) is 0 Å². The Morgan fingerprint density at radius 3 is 1.25 bits per heavy atom. The van der Waals surface area contributed by atoms with E-state index in [1.807, 2.05) is 0 Å². The van der Waals surface area contributed by atoms with Crippen molar-refractivity contribution in [2.75, 3.05) is 0 Å². The van der Waals surface area contributed by atoms with Gasteiger partial charge in [-0.2, -0.15) is 0 Å².